The lowest BCUT2D eigenvalue weighted by Gasteiger charge is -2.57. The number of phenolic OH excluding ortho intramolecular Hbond substituents is 2. The minimum atomic E-state index is -4.61. The Hall–Kier alpha value is -3.82. The predicted molar refractivity (Wildman–Crippen MR) is 199 cm³/mol. The molecule has 18 heteroatoms. The van der Waals surface area contributed by atoms with Gasteiger partial charge in [-0.15, -0.1) is 0 Å². The van der Waals surface area contributed by atoms with Crippen LogP contribution in [0.15, 0.2) is 48.6 Å². The predicted octanol–water partition coefficient (Wildman–Crippen LogP) is 0.140. The zero-order valence-corrected chi connectivity index (χ0v) is 32.4. The van der Waals surface area contributed by atoms with Crippen LogP contribution in [0.3, 0.4) is 0 Å². The normalized spacial score (nSPS) is 42.3. The number of likely N-dealkylation sites (tertiary alicyclic amines) is 2. The number of likely N-dealkylation sites (N-methyl/N-ethyl adjacent to an activating group) is 2. The highest BCUT2D eigenvalue weighted by Gasteiger charge is 2.67. The third kappa shape index (κ3) is 5.26. The number of phenols is 2. The van der Waals surface area contributed by atoms with E-state index in [1.807, 2.05) is 24.3 Å². The Morgan fingerprint density at radius 2 is 1.26 bits per heavy atom. The van der Waals surface area contributed by atoms with E-state index in [0.717, 1.165) is 61.0 Å². The minimum Gasteiger partial charge on any atom is -0.504 e. The first-order chi connectivity index (χ1) is 27.5. The molecule has 11 rings (SSSR count). The van der Waals surface area contributed by atoms with Crippen LogP contribution in [0.2, 0.25) is 0 Å². The zero-order valence-electron chi connectivity index (χ0n) is 31.6. The molecule has 9 aliphatic rings. The summed E-state index contributed by atoms with van der Waals surface area (Å²) in [6.07, 6.45) is -0.381. The number of aliphatic carboxylic acids is 1. The highest BCUT2D eigenvalue weighted by atomic mass is 32.3. The topological polar surface area (TPSA) is 245 Å². The van der Waals surface area contributed by atoms with Crippen LogP contribution in [-0.4, -0.2) is 154 Å². The van der Waals surface area contributed by atoms with Gasteiger partial charge in [-0.2, -0.15) is 8.42 Å². The second-order valence-corrected chi connectivity index (χ2v) is 18.3. The van der Waals surface area contributed by atoms with Gasteiger partial charge in [0.2, 0.25) is 0 Å². The maximum absolute atomic E-state index is 11.5. The van der Waals surface area contributed by atoms with Crippen molar-refractivity contribution in [2.45, 2.75) is 104 Å². The van der Waals surface area contributed by atoms with Crippen molar-refractivity contribution in [3.05, 3.63) is 70.8 Å². The van der Waals surface area contributed by atoms with Gasteiger partial charge in [-0.1, -0.05) is 36.4 Å². The number of rotatable bonds is 5. The molecule has 7 N–H and O–H groups in total. The maximum Gasteiger partial charge on any atom is 0.398 e. The van der Waals surface area contributed by atoms with Gasteiger partial charge in [0, 0.05) is 45.9 Å². The highest BCUT2D eigenvalue weighted by Crippen LogP contribution is 2.64. The monoisotopic (exact) mass is 826 g/mol. The number of ether oxygens (including phenoxy) is 4. The van der Waals surface area contributed by atoms with E-state index in [1.54, 1.807) is 18.2 Å². The smallest absolute Gasteiger partial charge is 0.398 e. The number of carboxylic acids is 1. The molecule has 5 heterocycles. The van der Waals surface area contributed by atoms with Crippen molar-refractivity contribution in [1.82, 2.24) is 9.80 Å². The highest BCUT2D eigenvalue weighted by molar-refractivity contribution is 7.80. The standard InChI is InChI=1S/C23H27NO9.C17H19NO6S/c1-24-7-6-23-10-3-5-13(31-22-17(28)15(26)16(27)19(33-22)21(29)30)20(23)32-18-12(25)4-2-9(14(18)23)8-11(10)24;1-18-7-6-17-10-3-5-13(24-25(20,21)22)16(17)23-15-12(19)4-2-9(14(15)17)8-11(10)18/h2-5,10-11,13,15-17,19-20,22,25-28H,6-8H2,1H3,(H,29,30);2-5,10-11,13,16,19H,6-8H2,1H3,(H,20,21,22)/t10-,11+,13-,15-,16-,17+,19-,20-,22?,23-;10-,11+,13-,16-,17-/m00/s1. The number of nitrogens with zero attached hydrogens (tertiary/aromatic N) is 2. The molecule has 312 valence electrons. The van der Waals surface area contributed by atoms with Crippen molar-refractivity contribution >= 4 is 16.4 Å². The number of aromatic hydroxyl groups is 2. The molecule has 58 heavy (non-hydrogen) atoms. The number of benzene rings is 2. The Morgan fingerprint density at radius 3 is 1.76 bits per heavy atom. The van der Waals surface area contributed by atoms with E-state index in [4.69, 9.17) is 27.7 Å². The van der Waals surface area contributed by atoms with Crippen molar-refractivity contribution in [1.29, 1.82) is 0 Å². The summed E-state index contributed by atoms with van der Waals surface area (Å²) in [7, 11) is -0.407. The molecule has 0 aromatic heterocycles. The summed E-state index contributed by atoms with van der Waals surface area (Å²) in [6.45, 7) is 1.69. The average molecular weight is 827 g/mol. The minimum absolute atomic E-state index is 0.0595. The van der Waals surface area contributed by atoms with Crippen LogP contribution in [-0.2, 0) is 52.5 Å². The molecule has 2 spiro atoms. The molecule has 4 aliphatic carbocycles. The second kappa shape index (κ2) is 13.1. The number of aliphatic hydroxyl groups excluding tert-OH is 3. The summed E-state index contributed by atoms with van der Waals surface area (Å²) in [5, 5.41) is 60.8. The second-order valence-electron chi connectivity index (χ2n) is 17.2. The molecule has 5 aliphatic heterocycles. The summed E-state index contributed by atoms with van der Waals surface area (Å²) >= 11 is 0. The molecule has 15 atom stereocenters. The summed E-state index contributed by atoms with van der Waals surface area (Å²) in [5.74, 6) is -0.185. The fourth-order valence-electron chi connectivity index (χ4n) is 12.1. The molecule has 0 amide bonds. The molecular formula is C40H46N2O15S. The molecule has 3 saturated heterocycles. The van der Waals surface area contributed by atoms with Crippen molar-refractivity contribution in [2.75, 3.05) is 27.2 Å². The van der Waals surface area contributed by atoms with Crippen molar-refractivity contribution in [2.24, 2.45) is 11.8 Å². The lowest BCUT2D eigenvalue weighted by Crippen LogP contribution is -2.66. The van der Waals surface area contributed by atoms with Gasteiger partial charge in [0.05, 0.1) is 0 Å². The van der Waals surface area contributed by atoms with Crippen LogP contribution in [0.1, 0.15) is 35.1 Å². The number of aliphatic hydroxyl groups is 3. The van der Waals surface area contributed by atoms with Crippen molar-refractivity contribution in [3.8, 4) is 23.0 Å². The molecule has 4 bridgehead atoms. The van der Waals surface area contributed by atoms with Gasteiger partial charge in [-0.05, 0) is 76.1 Å². The first-order valence-electron chi connectivity index (χ1n) is 19.6. The number of carbonyl (C=O) groups is 1. The molecule has 2 aromatic carbocycles. The third-order valence-electron chi connectivity index (χ3n) is 14.6. The van der Waals surface area contributed by atoms with E-state index in [0.29, 0.717) is 11.5 Å². The van der Waals surface area contributed by atoms with Crippen LogP contribution >= 0.6 is 0 Å². The van der Waals surface area contributed by atoms with Crippen LogP contribution in [0.5, 0.6) is 23.0 Å². The number of carboxylic acid groups (broad SMARTS) is 1. The lowest BCUT2D eigenvalue weighted by molar-refractivity contribution is -0.307. The number of piperidine rings is 2. The molecular weight excluding hydrogens is 781 g/mol. The van der Waals surface area contributed by atoms with Gasteiger partial charge in [0.25, 0.3) is 0 Å². The Balaban J connectivity index is 0.000000146. The largest absolute Gasteiger partial charge is 0.504 e. The maximum atomic E-state index is 11.5. The SMILES string of the molecule is CN1CC[C@]23c4c5ccc(O)c4O[C@H]2[C@@H](OC2O[C@H](C(=O)O)[C@@H](O)[C@H](O)[C@H]2O)C=C[C@H]3[C@H]1C5.CN1CC[C@]23c4c5ccc(O)c4O[C@H]2[C@@H](OS(=O)(=O)O)C=C[C@H]3[C@H]1C5. The van der Waals surface area contributed by atoms with Gasteiger partial charge < -0.3 is 59.4 Å². The fraction of sp³-hybridized carbons (Fsp3) is 0.575. The van der Waals surface area contributed by atoms with E-state index < -0.39 is 82.3 Å². The van der Waals surface area contributed by atoms with Crippen LogP contribution in [0.25, 0.3) is 0 Å². The van der Waals surface area contributed by atoms with Gasteiger partial charge >= 0.3 is 16.4 Å². The fourth-order valence-corrected chi connectivity index (χ4v) is 12.5. The quantitative estimate of drug-likeness (QED) is 0.157. The number of hydrogen-bond acceptors (Lipinski definition) is 15. The molecule has 17 nitrogen and oxygen atoms in total. The van der Waals surface area contributed by atoms with Crippen LogP contribution < -0.4 is 9.47 Å². The Bertz CT molecular complexity index is 2240. The van der Waals surface area contributed by atoms with E-state index in [2.05, 4.69) is 30.0 Å². The lowest BCUT2D eigenvalue weighted by atomic mass is 9.53. The third-order valence-corrected chi connectivity index (χ3v) is 15.1. The number of hydrogen-bond donors (Lipinski definition) is 7. The molecule has 0 radical (unpaired) electrons. The van der Waals surface area contributed by atoms with E-state index in [9.17, 15) is 43.9 Å². The average Bonchev–Trinajstić information content (AvgIpc) is 3.72. The Kier molecular flexibility index (Phi) is 8.66. The molecule has 1 unspecified atom stereocenters. The summed E-state index contributed by atoms with van der Waals surface area (Å²) < 4.78 is 60.5. The van der Waals surface area contributed by atoms with E-state index in [1.165, 1.54) is 0 Å². The van der Waals surface area contributed by atoms with Crippen molar-refractivity contribution in [3.63, 3.8) is 0 Å². The van der Waals surface area contributed by atoms with Crippen LogP contribution in [0.4, 0.5) is 0 Å². The zero-order chi connectivity index (χ0) is 40.8. The van der Waals surface area contributed by atoms with Crippen LogP contribution in [0, 0.1) is 11.8 Å². The molecule has 2 aromatic rings. The van der Waals surface area contributed by atoms with Gasteiger partial charge in [0.15, 0.2) is 35.4 Å². The molecule has 3 fully saturated rings. The first kappa shape index (κ1) is 38.4. The summed E-state index contributed by atoms with van der Waals surface area (Å²) in [5.41, 5.74) is 3.36. The van der Waals surface area contributed by atoms with E-state index >= 15 is 0 Å². The van der Waals surface area contributed by atoms with Crippen molar-refractivity contribution < 1.29 is 71.5 Å². The van der Waals surface area contributed by atoms with Gasteiger partial charge in [0.1, 0.15) is 42.7 Å². The summed E-state index contributed by atoms with van der Waals surface area (Å²) in [4.78, 5) is 16.2. The first-order valence-corrected chi connectivity index (χ1v) is 21.0. The Morgan fingerprint density at radius 1 is 0.759 bits per heavy atom. The summed E-state index contributed by atoms with van der Waals surface area (Å²) in [6, 6.07) is 7.69. The van der Waals surface area contributed by atoms with Gasteiger partial charge in [-0.25, -0.2) is 8.98 Å². The Labute approximate surface area is 333 Å². The molecule has 0 saturated carbocycles. The van der Waals surface area contributed by atoms with Gasteiger partial charge in [-0.3, -0.25) is 4.55 Å². The van der Waals surface area contributed by atoms with E-state index in [-0.39, 0.29) is 35.4 Å².